The van der Waals surface area contributed by atoms with Crippen molar-refractivity contribution in [2.45, 2.75) is 19.4 Å². The van der Waals surface area contributed by atoms with Gasteiger partial charge in [-0.3, -0.25) is 0 Å². The van der Waals surface area contributed by atoms with Gasteiger partial charge in [0.1, 0.15) is 0 Å². The Morgan fingerprint density at radius 3 is 2.59 bits per heavy atom. The molecule has 0 aliphatic carbocycles. The Labute approximate surface area is 114 Å². The Balaban J connectivity index is 2.03. The van der Waals surface area contributed by atoms with Crippen molar-refractivity contribution in [2.75, 3.05) is 0 Å². The number of hydrogen-bond acceptors (Lipinski definition) is 2. The van der Waals surface area contributed by atoms with Crippen LogP contribution in [0.4, 0.5) is 0 Å². The zero-order chi connectivity index (χ0) is 12.3. The van der Waals surface area contributed by atoms with Crippen LogP contribution in [0.15, 0.2) is 46.3 Å². The number of aliphatic hydroxyl groups is 1. The molecule has 1 N–H and O–H groups in total. The third kappa shape index (κ3) is 3.41. The summed E-state index contributed by atoms with van der Waals surface area (Å²) >= 11 is 5.18. The van der Waals surface area contributed by atoms with Gasteiger partial charge in [0.25, 0.3) is 0 Å². The van der Waals surface area contributed by atoms with E-state index < -0.39 is 6.10 Å². The van der Waals surface area contributed by atoms with Gasteiger partial charge in [-0.1, -0.05) is 37.3 Å². The number of hydrogen-bond donors (Lipinski definition) is 1. The number of thiophene rings is 1. The second kappa shape index (κ2) is 5.80. The van der Waals surface area contributed by atoms with E-state index in [4.69, 9.17) is 0 Å². The summed E-state index contributed by atoms with van der Waals surface area (Å²) in [6, 6.07) is 12.0. The Morgan fingerprint density at radius 1 is 1.29 bits per heavy atom. The maximum atomic E-state index is 10.3. The fourth-order valence-corrected chi connectivity index (χ4v) is 3.46. The van der Waals surface area contributed by atoms with Crippen molar-refractivity contribution < 1.29 is 5.11 Å². The first-order valence-corrected chi connectivity index (χ1v) is 7.30. The summed E-state index contributed by atoms with van der Waals surface area (Å²) in [6.07, 6.45) is 0.517. The van der Waals surface area contributed by atoms with E-state index in [0.717, 1.165) is 16.5 Å². The minimum atomic E-state index is -0.392. The molecule has 1 heterocycles. The molecule has 0 aliphatic rings. The average Bonchev–Trinajstić information content (AvgIpc) is 2.75. The Hall–Kier alpha value is -0.640. The van der Waals surface area contributed by atoms with Crippen molar-refractivity contribution in [1.82, 2.24) is 0 Å². The second-order valence-electron chi connectivity index (χ2n) is 4.27. The number of aliphatic hydroxyl groups excluding tert-OH is 1. The van der Waals surface area contributed by atoms with Crippen LogP contribution in [0, 0.1) is 5.92 Å². The minimum absolute atomic E-state index is 0.225. The lowest BCUT2D eigenvalue weighted by Crippen LogP contribution is -2.11. The van der Waals surface area contributed by atoms with Crippen molar-refractivity contribution in [3.8, 4) is 0 Å². The first-order chi connectivity index (χ1) is 8.16. The Morgan fingerprint density at radius 2 is 2.00 bits per heavy atom. The predicted molar refractivity (Wildman–Crippen MR) is 76.3 cm³/mol. The van der Waals surface area contributed by atoms with Crippen molar-refractivity contribution in [2.24, 2.45) is 5.92 Å². The van der Waals surface area contributed by atoms with Gasteiger partial charge >= 0.3 is 0 Å². The molecule has 0 aliphatic heterocycles. The van der Waals surface area contributed by atoms with Crippen molar-refractivity contribution in [3.63, 3.8) is 0 Å². The van der Waals surface area contributed by atoms with Crippen LogP contribution in [0.1, 0.15) is 23.5 Å². The van der Waals surface area contributed by atoms with E-state index in [-0.39, 0.29) is 5.92 Å². The summed E-state index contributed by atoms with van der Waals surface area (Å²) in [5.41, 5.74) is 0.996. The standard InChI is InChI=1S/C14H15BrOS/c1-10(7-13-8-12(15)9-17-13)14(16)11-5-3-2-4-6-11/h2-6,8-10,14,16H,7H2,1H3. The number of benzene rings is 1. The summed E-state index contributed by atoms with van der Waals surface area (Å²) in [5.74, 6) is 0.225. The van der Waals surface area contributed by atoms with E-state index in [9.17, 15) is 5.11 Å². The first kappa shape index (κ1) is 12.8. The quantitative estimate of drug-likeness (QED) is 0.886. The van der Waals surface area contributed by atoms with Crippen LogP contribution < -0.4 is 0 Å². The summed E-state index contributed by atoms with van der Waals surface area (Å²) in [6.45, 7) is 2.09. The van der Waals surface area contributed by atoms with Crippen LogP contribution >= 0.6 is 27.3 Å². The molecule has 2 unspecified atom stereocenters. The Kier molecular flexibility index (Phi) is 4.37. The normalized spacial score (nSPS) is 14.5. The molecule has 0 radical (unpaired) electrons. The second-order valence-corrected chi connectivity index (χ2v) is 6.18. The number of rotatable bonds is 4. The van der Waals surface area contributed by atoms with Gasteiger partial charge in [0.2, 0.25) is 0 Å². The van der Waals surface area contributed by atoms with E-state index in [1.807, 2.05) is 30.3 Å². The van der Waals surface area contributed by atoms with E-state index in [0.29, 0.717) is 0 Å². The molecule has 0 bridgehead atoms. The van der Waals surface area contributed by atoms with E-state index in [2.05, 4.69) is 34.3 Å². The molecule has 2 rings (SSSR count). The summed E-state index contributed by atoms with van der Waals surface area (Å²) < 4.78 is 1.12. The maximum Gasteiger partial charge on any atom is 0.0819 e. The molecule has 2 aromatic rings. The van der Waals surface area contributed by atoms with Crippen LogP contribution in [0.5, 0.6) is 0 Å². The molecule has 1 aromatic carbocycles. The van der Waals surface area contributed by atoms with Crippen LogP contribution in [0.2, 0.25) is 0 Å². The van der Waals surface area contributed by atoms with Crippen molar-refractivity contribution in [1.29, 1.82) is 0 Å². The zero-order valence-corrected chi connectivity index (χ0v) is 12.0. The molecular weight excluding hydrogens is 296 g/mol. The van der Waals surface area contributed by atoms with Crippen molar-refractivity contribution in [3.05, 3.63) is 56.7 Å². The van der Waals surface area contributed by atoms with Crippen LogP contribution in [0.25, 0.3) is 0 Å². The SMILES string of the molecule is CC(Cc1cc(Br)cs1)C(O)c1ccccc1. The van der Waals surface area contributed by atoms with Gasteiger partial charge in [-0.15, -0.1) is 11.3 Å². The molecule has 0 saturated carbocycles. The predicted octanol–water partition coefficient (Wildman–Crippen LogP) is 4.42. The molecule has 1 nitrogen and oxygen atoms in total. The Bertz CT molecular complexity index is 466. The molecule has 17 heavy (non-hydrogen) atoms. The first-order valence-electron chi connectivity index (χ1n) is 5.62. The minimum Gasteiger partial charge on any atom is -0.388 e. The summed E-state index contributed by atoms with van der Waals surface area (Å²) in [5, 5.41) is 12.3. The van der Waals surface area contributed by atoms with Gasteiger partial charge in [0.05, 0.1) is 6.10 Å². The molecule has 0 saturated heterocycles. The van der Waals surface area contributed by atoms with Gasteiger partial charge < -0.3 is 5.11 Å². The highest BCUT2D eigenvalue weighted by molar-refractivity contribution is 9.10. The van der Waals surface area contributed by atoms with Crippen LogP contribution in [-0.4, -0.2) is 5.11 Å². The lowest BCUT2D eigenvalue weighted by Gasteiger charge is -2.18. The molecular formula is C14H15BrOS. The maximum absolute atomic E-state index is 10.3. The summed E-state index contributed by atoms with van der Waals surface area (Å²) in [4.78, 5) is 1.30. The van der Waals surface area contributed by atoms with Crippen LogP contribution in [-0.2, 0) is 6.42 Å². The monoisotopic (exact) mass is 310 g/mol. The highest BCUT2D eigenvalue weighted by Gasteiger charge is 2.17. The highest BCUT2D eigenvalue weighted by atomic mass is 79.9. The fraction of sp³-hybridized carbons (Fsp3) is 0.286. The lowest BCUT2D eigenvalue weighted by atomic mass is 9.94. The third-order valence-corrected chi connectivity index (χ3v) is 4.54. The van der Waals surface area contributed by atoms with E-state index >= 15 is 0 Å². The third-order valence-electron chi connectivity index (χ3n) is 2.83. The topological polar surface area (TPSA) is 20.2 Å². The van der Waals surface area contributed by atoms with Crippen molar-refractivity contribution >= 4 is 27.3 Å². The summed E-state index contributed by atoms with van der Waals surface area (Å²) in [7, 11) is 0. The van der Waals surface area contributed by atoms with Gasteiger partial charge in [0.15, 0.2) is 0 Å². The molecule has 0 amide bonds. The number of halogens is 1. The zero-order valence-electron chi connectivity index (χ0n) is 9.64. The van der Waals surface area contributed by atoms with E-state index in [1.165, 1.54) is 4.88 Å². The van der Waals surface area contributed by atoms with Gasteiger partial charge in [-0.2, -0.15) is 0 Å². The molecule has 0 spiro atoms. The van der Waals surface area contributed by atoms with Gasteiger partial charge in [0, 0.05) is 14.7 Å². The van der Waals surface area contributed by atoms with E-state index in [1.54, 1.807) is 11.3 Å². The lowest BCUT2D eigenvalue weighted by molar-refractivity contribution is 0.118. The van der Waals surface area contributed by atoms with Gasteiger partial charge in [-0.25, -0.2) is 0 Å². The fourth-order valence-electron chi connectivity index (χ4n) is 1.87. The smallest absolute Gasteiger partial charge is 0.0819 e. The highest BCUT2D eigenvalue weighted by Crippen LogP contribution is 2.28. The molecule has 2 atom stereocenters. The molecule has 3 heteroatoms. The molecule has 0 fully saturated rings. The van der Waals surface area contributed by atoms with Crippen LogP contribution in [0.3, 0.4) is 0 Å². The molecule has 90 valence electrons. The average molecular weight is 311 g/mol. The van der Waals surface area contributed by atoms with Gasteiger partial charge in [-0.05, 0) is 39.9 Å². The molecule has 1 aromatic heterocycles. The largest absolute Gasteiger partial charge is 0.388 e.